The highest BCUT2D eigenvalue weighted by Crippen LogP contribution is 2.17. The highest BCUT2D eigenvalue weighted by Gasteiger charge is 2.06. The molecule has 1 N–H and O–H groups in total. The molecule has 0 aliphatic carbocycles. The molecule has 7 nitrogen and oxygen atoms in total. The summed E-state index contributed by atoms with van der Waals surface area (Å²) < 4.78 is 3.57. The first-order valence-electron chi connectivity index (χ1n) is 6.54. The molecule has 3 aromatic rings. The van der Waals surface area contributed by atoms with Gasteiger partial charge in [0.2, 0.25) is 0 Å². The minimum Gasteiger partial charge on any atom is -0.379 e. The van der Waals surface area contributed by atoms with E-state index >= 15 is 0 Å². The van der Waals surface area contributed by atoms with E-state index < -0.39 is 0 Å². The molecule has 0 unspecified atom stereocenters. The maximum atomic E-state index is 11.8. The first-order chi connectivity index (χ1) is 10.6. The van der Waals surface area contributed by atoms with Gasteiger partial charge in [-0.1, -0.05) is 6.07 Å². The van der Waals surface area contributed by atoms with Gasteiger partial charge < -0.3 is 5.32 Å². The highest BCUT2D eigenvalue weighted by atomic mass is 79.9. The fraction of sp³-hybridized carbons (Fsp3) is 0.143. The average molecular weight is 361 g/mol. The molecule has 3 rings (SSSR count). The van der Waals surface area contributed by atoms with Crippen LogP contribution in [-0.2, 0) is 13.6 Å². The van der Waals surface area contributed by atoms with Crippen LogP contribution in [0.15, 0.2) is 52.5 Å². The van der Waals surface area contributed by atoms with Crippen LogP contribution in [0.25, 0.3) is 5.82 Å². The topological polar surface area (TPSA) is 77.6 Å². The zero-order chi connectivity index (χ0) is 15.5. The third-order valence-electron chi connectivity index (χ3n) is 3.14. The summed E-state index contributed by atoms with van der Waals surface area (Å²) in [5, 5.41) is 7.16. The van der Waals surface area contributed by atoms with E-state index in [1.807, 2.05) is 22.9 Å². The zero-order valence-corrected chi connectivity index (χ0v) is 13.4. The average Bonchev–Trinajstić information content (AvgIpc) is 3.07. The summed E-state index contributed by atoms with van der Waals surface area (Å²) in [5.41, 5.74) is 1.47. The standard InChI is InChI=1S/C14H13BrN6O/c1-20-14(22)13(15)11(8-19-20)17-6-10-2-3-12(18-7-10)21-5-4-16-9-21/h2-5,7-9,17H,6H2,1H3. The lowest BCUT2D eigenvalue weighted by atomic mass is 10.2. The van der Waals surface area contributed by atoms with Crippen molar-refractivity contribution in [3.63, 3.8) is 0 Å². The first-order valence-corrected chi connectivity index (χ1v) is 7.33. The molecular weight excluding hydrogens is 348 g/mol. The van der Waals surface area contributed by atoms with Crippen LogP contribution < -0.4 is 10.9 Å². The van der Waals surface area contributed by atoms with Gasteiger partial charge in [-0.15, -0.1) is 0 Å². The number of nitrogens with one attached hydrogen (secondary N) is 1. The lowest BCUT2D eigenvalue weighted by Gasteiger charge is -2.09. The van der Waals surface area contributed by atoms with Gasteiger partial charge >= 0.3 is 0 Å². The Balaban J connectivity index is 1.72. The molecule has 0 aliphatic rings. The first kappa shape index (κ1) is 14.5. The van der Waals surface area contributed by atoms with E-state index in [9.17, 15) is 4.79 Å². The number of nitrogens with zero attached hydrogens (tertiary/aromatic N) is 5. The molecule has 22 heavy (non-hydrogen) atoms. The quantitative estimate of drug-likeness (QED) is 0.766. The molecule has 0 amide bonds. The van der Waals surface area contributed by atoms with Crippen LogP contribution in [0, 0.1) is 0 Å². The van der Waals surface area contributed by atoms with E-state index in [4.69, 9.17) is 0 Å². The van der Waals surface area contributed by atoms with E-state index in [-0.39, 0.29) is 5.56 Å². The second kappa shape index (κ2) is 6.10. The molecule has 8 heteroatoms. The van der Waals surface area contributed by atoms with Crippen molar-refractivity contribution in [3.05, 3.63) is 63.6 Å². The summed E-state index contributed by atoms with van der Waals surface area (Å²) in [4.78, 5) is 20.1. The van der Waals surface area contributed by atoms with E-state index in [2.05, 4.69) is 36.3 Å². The van der Waals surface area contributed by atoms with Crippen LogP contribution in [-0.4, -0.2) is 24.3 Å². The van der Waals surface area contributed by atoms with Gasteiger partial charge in [0.05, 0.1) is 11.9 Å². The summed E-state index contributed by atoms with van der Waals surface area (Å²) >= 11 is 3.28. The molecule has 0 aliphatic heterocycles. The molecule has 0 bridgehead atoms. The van der Waals surface area contributed by atoms with Crippen molar-refractivity contribution in [3.8, 4) is 5.82 Å². The maximum Gasteiger partial charge on any atom is 0.282 e. The second-order valence-electron chi connectivity index (χ2n) is 4.65. The number of imidazole rings is 1. The zero-order valence-electron chi connectivity index (χ0n) is 11.8. The smallest absolute Gasteiger partial charge is 0.282 e. The van der Waals surface area contributed by atoms with E-state index in [0.29, 0.717) is 16.7 Å². The fourth-order valence-electron chi connectivity index (χ4n) is 1.90. The van der Waals surface area contributed by atoms with Crippen molar-refractivity contribution in [2.24, 2.45) is 7.05 Å². The maximum absolute atomic E-state index is 11.8. The van der Waals surface area contributed by atoms with Crippen molar-refractivity contribution in [2.75, 3.05) is 5.32 Å². The number of hydrogen-bond acceptors (Lipinski definition) is 5. The second-order valence-corrected chi connectivity index (χ2v) is 5.44. The Morgan fingerprint density at radius 1 is 1.32 bits per heavy atom. The number of rotatable bonds is 4. The largest absolute Gasteiger partial charge is 0.379 e. The number of hydrogen-bond donors (Lipinski definition) is 1. The van der Waals surface area contributed by atoms with Gasteiger partial charge in [-0.2, -0.15) is 5.10 Å². The fourth-order valence-corrected chi connectivity index (χ4v) is 2.40. The van der Waals surface area contributed by atoms with Crippen molar-refractivity contribution in [2.45, 2.75) is 6.54 Å². The predicted octanol–water partition coefficient (Wildman–Crippen LogP) is 1.74. The minimum absolute atomic E-state index is 0.182. The Morgan fingerprint density at radius 3 is 2.86 bits per heavy atom. The Hall–Kier alpha value is -2.48. The molecular formula is C14H13BrN6O. The van der Waals surface area contributed by atoms with Crippen LogP contribution in [0.2, 0.25) is 0 Å². The van der Waals surface area contributed by atoms with Crippen LogP contribution in [0.3, 0.4) is 0 Å². The van der Waals surface area contributed by atoms with E-state index in [1.54, 1.807) is 32.0 Å². The Labute approximate surface area is 134 Å². The Morgan fingerprint density at radius 2 is 2.18 bits per heavy atom. The minimum atomic E-state index is -0.182. The Kier molecular flexibility index (Phi) is 4.01. The van der Waals surface area contributed by atoms with Crippen LogP contribution >= 0.6 is 15.9 Å². The molecule has 0 aromatic carbocycles. The number of pyridine rings is 1. The Bertz CT molecular complexity index is 826. The molecule has 0 spiro atoms. The third-order valence-corrected chi connectivity index (χ3v) is 3.91. The normalized spacial score (nSPS) is 10.6. The number of aromatic nitrogens is 5. The molecule has 112 valence electrons. The van der Waals surface area contributed by atoms with Gasteiger partial charge in [-0.3, -0.25) is 9.36 Å². The summed E-state index contributed by atoms with van der Waals surface area (Å²) in [6, 6.07) is 3.88. The van der Waals surface area contributed by atoms with Crippen molar-refractivity contribution in [1.29, 1.82) is 0 Å². The molecule has 3 aromatic heterocycles. The lowest BCUT2D eigenvalue weighted by Crippen LogP contribution is -2.21. The highest BCUT2D eigenvalue weighted by molar-refractivity contribution is 9.10. The molecule has 0 saturated carbocycles. The lowest BCUT2D eigenvalue weighted by molar-refractivity contribution is 0.703. The van der Waals surface area contributed by atoms with E-state index in [1.165, 1.54) is 4.68 Å². The third kappa shape index (κ3) is 2.91. The number of anilines is 1. The van der Waals surface area contributed by atoms with Gasteiger partial charge in [-0.25, -0.2) is 14.6 Å². The molecule has 0 atom stereocenters. The van der Waals surface area contributed by atoms with Gasteiger partial charge in [-0.05, 0) is 27.6 Å². The van der Waals surface area contributed by atoms with Gasteiger partial charge in [0, 0.05) is 32.2 Å². The molecule has 0 radical (unpaired) electrons. The summed E-state index contributed by atoms with van der Waals surface area (Å²) in [5.74, 6) is 0.803. The SMILES string of the molecule is Cn1ncc(NCc2ccc(-n3ccnc3)nc2)c(Br)c1=O. The summed E-state index contributed by atoms with van der Waals surface area (Å²) in [7, 11) is 1.61. The van der Waals surface area contributed by atoms with Gasteiger partial charge in [0.25, 0.3) is 5.56 Å². The van der Waals surface area contributed by atoms with Crippen molar-refractivity contribution in [1.82, 2.24) is 24.3 Å². The monoisotopic (exact) mass is 360 g/mol. The van der Waals surface area contributed by atoms with Crippen molar-refractivity contribution >= 4 is 21.6 Å². The molecule has 0 fully saturated rings. The van der Waals surface area contributed by atoms with Gasteiger partial charge in [0.15, 0.2) is 0 Å². The summed E-state index contributed by atoms with van der Waals surface area (Å²) in [6.45, 7) is 0.546. The molecule has 3 heterocycles. The van der Waals surface area contributed by atoms with Crippen LogP contribution in [0.5, 0.6) is 0 Å². The van der Waals surface area contributed by atoms with Crippen molar-refractivity contribution < 1.29 is 0 Å². The predicted molar refractivity (Wildman–Crippen MR) is 85.9 cm³/mol. The van der Waals surface area contributed by atoms with Crippen LogP contribution in [0.1, 0.15) is 5.56 Å². The number of halogens is 1. The van der Waals surface area contributed by atoms with E-state index in [0.717, 1.165) is 11.4 Å². The van der Waals surface area contributed by atoms with Gasteiger partial charge in [0.1, 0.15) is 16.6 Å². The molecule has 0 saturated heterocycles. The summed E-state index contributed by atoms with van der Waals surface area (Å²) in [6.07, 6.45) is 8.63. The van der Waals surface area contributed by atoms with Crippen LogP contribution in [0.4, 0.5) is 5.69 Å². The number of aryl methyl sites for hydroxylation is 1.